The van der Waals surface area contributed by atoms with Crippen LogP contribution in [-0.4, -0.2) is 49.1 Å². The molecule has 1 N–H and O–H groups in total. The molecule has 0 amide bonds. The summed E-state index contributed by atoms with van der Waals surface area (Å²) in [5, 5.41) is 19.1. The number of hydrogen-bond acceptors (Lipinski definition) is 7. The number of ether oxygens (including phenoxy) is 2. The van der Waals surface area contributed by atoms with Gasteiger partial charge in [0.2, 0.25) is 0 Å². The van der Waals surface area contributed by atoms with Crippen LogP contribution < -0.4 is 0 Å². The molecule has 0 aromatic carbocycles. The molecule has 4 rings (SSSR count). The summed E-state index contributed by atoms with van der Waals surface area (Å²) in [6.07, 6.45) is 5.77. The quantitative estimate of drug-likeness (QED) is 0.862. The van der Waals surface area contributed by atoms with Crippen molar-refractivity contribution >= 4 is 0 Å². The lowest BCUT2D eigenvalue weighted by atomic mass is 9.90. The Morgan fingerprint density at radius 3 is 3.14 bits per heavy atom. The molecule has 0 spiro atoms. The molecular weight excluding hydrogens is 286 g/mol. The maximum absolute atomic E-state index is 10.9. The van der Waals surface area contributed by atoms with Crippen LogP contribution in [0.15, 0.2) is 18.6 Å². The van der Waals surface area contributed by atoms with Crippen LogP contribution in [0.2, 0.25) is 0 Å². The van der Waals surface area contributed by atoms with Gasteiger partial charge in [0.05, 0.1) is 36.8 Å². The zero-order valence-corrected chi connectivity index (χ0v) is 12.2. The highest BCUT2D eigenvalue weighted by Gasteiger charge is 2.51. The van der Waals surface area contributed by atoms with E-state index in [1.165, 1.54) is 0 Å². The average molecular weight is 303 g/mol. The minimum Gasteiger partial charge on any atom is -0.378 e. The standard InChI is InChI=1S/C14H17N5O3/c1-9-11(16-5-4-15-9)6-19-7-12(17-18-19)14(20)3-2-10-8-21-13(14)22-10/h4-5,7,10,13,20H,2-3,6,8H2,1H3/t10-,13+,14?/m0/s1. The van der Waals surface area contributed by atoms with Crippen LogP contribution >= 0.6 is 0 Å². The van der Waals surface area contributed by atoms with Gasteiger partial charge in [-0.15, -0.1) is 5.10 Å². The highest BCUT2D eigenvalue weighted by Crippen LogP contribution is 2.40. The summed E-state index contributed by atoms with van der Waals surface area (Å²) >= 11 is 0. The van der Waals surface area contributed by atoms with Gasteiger partial charge in [0.15, 0.2) is 11.9 Å². The third-order valence-electron chi connectivity index (χ3n) is 4.26. The third-order valence-corrected chi connectivity index (χ3v) is 4.26. The average Bonchev–Trinajstić information content (AvgIpc) is 3.14. The third kappa shape index (κ3) is 2.20. The molecule has 2 fully saturated rings. The van der Waals surface area contributed by atoms with Gasteiger partial charge in [-0.2, -0.15) is 0 Å². The van der Waals surface area contributed by atoms with Gasteiger partial charge in [0.25, 0.3) is 0 Å². The summed E-state index contributed by atoms with van der Waals surface area (Å²) in [7, 11) is 0. The fraction of sp³-hybridized carbons (Fsp3) is 0.571. The first-order valence-corrected chi connectivity index (χ1v) is 7.32. The molecule has 8 heteroatoms. The zero-order valence-electron chi connectivity index (χ0n) is 12.2. The molecule has 3 atom stereocenters. The maximum Gasteiger partial charge on any atom is 0.192 e. The first-order valence-electron chi connectivity index (χ1n) is 7.32. The summed E-state index contributed by atoms with van der Waals surface area (Å²) in [5.41, 5.74) is 0.909. The summed E-state index contributed by atoms with van der Waals surface area (Å²) in [6, 6.07) is 0. The summed E-state index contributed by atoms with van der Waals surface area (Å²) < 4.78 is 12.8. The van der Waals surface area contributed by atoms with Crippen LogP contribution in [0, 0.1) is 6.92 Å². The summed E-state index contributed by atoms with van der Waals surface area (Å²) in [5.74, 6) is 0. The molecule has 8 nitrogen and oxygen atoms in total. The van der Waals surface area contributed by atoms with Crippen molar-refractivity contribution in [2.45, 2.75) is 44.3 Å². The smallest absolute Gasteiger partial charge is 0.192 e. The first kappa shape index (κ1) is 13.7. The van der Waals surface area contributed by atoms with Crippen molar-refractivity contribution in [1.29, 1.82) is 0 Å². The van der Waals surface area contributed by atoms with E-state index in [1.807, 2.05) is 6.92 Å². The fourth-order valence-electron chi connectivity index (χ4n) is 2.92. The number of aryl methyl sites for hydroxylation is 1. The highest BCUT2D eigenvalue weighted by molar-refractivity contribution is 5.13. The van der Waals surface area contributed by atoms with Crippen molar-refractivity contribution in [3.8, 4) is 0 Å². The Morgan fingerprint density at radius 1 is 1.41 bits per heavy atom. The number of nitrogens with zero attached hydrogens (tertiary/aromatic N) is 5. The van der Waals surface area contributed by atoms with Crippen molar-refractivity contribution in [2.24, 2.45) is 0 Å². The summed E-state index contributed by atoms with van der Waals surface area (Å²) in [4.78, 5) is 8.49. The normalized spacial score (nSPS) is 30.6. The van der Waals surface area contributed by atoms with E-state index in [2.05, 4.69) is 20.3 Å². The molecule has 4 heterocycles. The van der Waals surface area contributed by atoms with Crippen molar-refractivity contribution in [3.05, 3.63) is 35.7 Å². The number of rotatable bonds is 3. The number of aliphatic hydroxyl groups is 1. The van der Waals surface area contributed by atoms with E-state index in [4.69, 9.17) is 9.47 Å². The van der Waals surface area contributed by atoms with E-state index in [0.717, 1.165) is 17.8 Å². The first-order chi connectivity index (χ1) is 10.6. The van der Waals surface area contributed by atoms with Gasteiger partial charge in [-0.25, -0.2) is 4.68 Å². The van der Waals surface area contributed by atoms with E-state index >= 15 is 0 Å². The lowest BCUT2D eigenvalue weighted by Crippen LogP contribution is -2.44. The molecule has 2 aliphatic rings. The second-order valence-corrected chi connectivity index (χ2v) is 5.78. The number of hydrogen-bond donors (Lipinski definition) is 1. The molecule has 22 heavy (non-hydrogen) atoms. The largest absolute Gasteiger partial charge is 0.378 e. The molecule has 2 aromatic rings. The SMILES string of the molecule is Cc1nccnc1Cn1cc(C2(O)CC[C@H]3CO[C@@H]2O3)nn1. The Balaban J connectivity index is 1.58. The second kappa shape index (κ2) is 5.08. The summed E-state index contributed by atoms with van der Waals surface area (Å²) in [6.45, 7) is 2.88. The van der Waals surface area contributed by atoms with E-state index in [-0.39, 0.29) is 6.10 Å². The Hall–Kier alpha value is -1.90. The molecule has 2 aliphatic heterocycles. The number of aromatic nitrogens is 5. The predicted molar refractivity (Wildman–Crippen MR) is 73.6 cm³/mol. The Labute approximate surface area is 127 Å². The monoisotopic (exact) mass is 303 g/mol. The molecule has 0 saturated carbocycles. The van der Waals surface area contributed by atoms with Gasteiger partial charge in [0, 0.05) is 12.4 Å². The lowest BCUT2D eigenvalue weighted by molar-refractivity contribution is -0.219. The van der Waals surface area contributed by atoms with Gasteiger partial charge in [0.1, 0.15) is 5.69 Å². The van der Waals surface area contributed by atoms with Crippen LogP contribution in [-0.2, 0) is 21.6 Å². The molecule has 0 aliphatic carbocycles. The molecule has 0 radical (unpaired) electrons. The van der Waals surface area contributed by atoms with E-state index in [9.17, 15) is 5.11 Å². The van der Waals surface area contributed by atoms with Gasteiger partial charge >= 0.3 is 0 Å². The second-order valence-electron chi connectivity index (χ2n) is 5.78. The van der Waals surface area contributed by atoms with Gasteiger partial charge in [-0.05, 0) is 19.8 Å². The van der Waals surface area contributed by atoms with E-state index in [1.54, 1.807) is 23.3 Å². The van der Waals surface area contributed by atoms with Crippen molar-refractivity contribution in [1.82, 2.24) is 25.0 Å². The van der Waals surface area contributed by atoms with E-state index in [0.29, 0.717) is 25.3 Å². The minimum absolute atomic E-state index is 0.0857. The van der Waals surface area contributed by atoms with Gasteiger partial charge < -0.3 is 14.6 Å². The Bertz CT molecular complexity index is 691. The predicted octanol–water partition coefficient (Wildman–Crippen LogP) is 0.148. The maximum atomic E-state index is 10.9. The van der Waals surface area contributed by atoms with Crippen molar-refractivity contribution < 1.29 is 14.6 Å². The Morgan fingerprint density at radius 2 is 2.27 bits per heavy atom. The van der Waals surface area contributed by atoms with Crippen molar-refractivity contribution in [2.75, 3.05) is 6.61 Å². The van der Waals surface area contributed by atoms with Crippen LogP contribution in [0.3, 0.4) is 0 Å². The Kier molecular flexibility index (Phi) is 3.17. The molecular formula is C14H17N5O3. The van der Waals surface area contributed by atoms with E-state index < -0.39 is 11.9 Å². The van der Waals surface area contributed by atoms with Crippen LogP contribution in [0.5, 0.6) is 0 Å². The lowest BCUT2D eigenvalue weighted by Gasteiger charge is -2.34. The molecule has 2 bridgehead atoms. The van der Waals surface area contributed by atoms with Crippen LogP contribution in [0.1, 0.15) is 29.9 Å². The fourth-order valence-corrected chi connectivity index (χ4v) is 2.92. The topological polar surface area (TPSA) is 95.2 Å². The van der Waals surface area contributed by atoms with Crippen LogP contribution in [0.25, 0.3) is 0 Å². The highest BCUT2D eigenvalue weighted by atomic mass is 16.7. The molecule has 2 saturated heterocycles. The van der Waals surface area contributed by atoms with Crippen LogP contribution in [0.4, 0.5) is 0 Å². The van der Waals surface area contributed by atoms with Gasteiger partial charge in [-0.3, -0.25) is 9.97 Å². The number of fused-ring (bicyclic) bond motifs is 2. The van der Waals surface area contributed by atoms with Crippen molar-refractivity contribution in [3.63, 3.8) is 0 Å². The zero-order chi connectivity index (χ0) is 15.2. The van der Waals surface area contributed by atoms with Gasteiger partial charge in [-0.1, -0.05) is 5.21 Å². The molecule has 1 unspecified atom stereocenters. The minimum atomic E-state index is -1.23. The molecule has 116 valence electrons. The molecule has 2 aromatic heterocycles.